The number of carbonyl (C=O) groups excluding carboxylic acids is 1. The molecule has 4 heterocycles. The van der Waals surface area contributed by atoms with E-state index in [4.69, 9.17) is 14.5 Å². The average molecular weight is 461 g/mol. The van der Waals surface area contributed by atoms with Gasteiger partial charge in [-0.2, -0.15) is 0 Å². The van der Waals surface area contributed by atoms with Gasteiger partial charge in [-0.05, 0) is 42.5 Å². The molecular formula is C27H32N4O3. The minimum Gasteiger partial charge on any atom is -0.381 e. The number of benzene rings is 1. The van der Waals surface area contributed by atoms with Gasteiger partial charge in [0.15, 0.2) is 0 Å². The van der Waals surface area contributed by atoms with Gasteiger partial charge in [0.2, 0.25) is 5.91 Å². The first kappa shape index (κ1) is 22.9. The van der Waals surface area contributed by atoms with Gasteiger partial charge in [0.1, 0.15) is 0 Å². The van der Waals surface area contributed by atoms with Crippen LogP contribution in [0.2, 0.25) is 0 Å². The van der Waals surface area contributed by atoms with Crippen LogP contribution in [0.4, 0.5) is 0 Å². The molecule has 2 aromatic heterocycles. The van der Waals surface area contributed by atoms with Gasteiger partial charge in [0.25, 0.3) is 0 Å². The van der Waals surface area contributed by atoms with E-state index >= 15 is 0 Å². The monoisotopic (exact) mass is 460 g/mol. The van der Waals surface area contributed by atoms with Crippen molar-refractivity contribution in [3.05, 3.63) is 72.2 Å². The molecule has 5 rings (SSSR count). The fourth-order valence-corrected chi connectivity index (χ4v) is 4.82. The summed E-state index contributed by atoms with van der Waals surface area (Å²) in [5.41, 5.74) is 2.99. The number of rotatable bonds is 7. The van der Waals surface area contributed by atoms with E-state index in [9.17, 15) is 4.79 Å². The second-order valence-electron chi connectivity index (χ2n) is 9.31. The molecule has 1 aromatic carbocycles. The van der Waals surface area contributed by atoms with E-state index in [1.165, 1.54) is 0 Å². The minimum atomic E-state index is -0.0769. The maximum Gasteiger partial charge on any atom is 0.236 e. The number of amides is 1. The number of hydrogen-bond donors (Lipinski definition) is 0. The van der Waals surface area contributed by atoms with Crippen molar-refractivity contribution in [1.29, 1.82) is 0 Å². The minimum absolute atomic E-state index is 0.0769. The van der Waals surface area contributed by atoms with Crippen molar-refractivity contribution in [2.75, 3.05) is 39.4 Å². The average Bonchev–Trinajstić information content (AvgIpc) is 3.02. The SMILES string of the molecule is O=C1CN(Cc2ccc3ccccc3n2)CC(OCc2cccnc2)CN1CC1CCOCC1. The van der Waals surface area contributed by atoms with E-state index in [0.29, 0.717) is 38.7 Å². The van der Waals surface area contributed by atoms with Gasteiger partial charge in [-0.15, -0.1) is 0 Å². The number of para-hydroxylation sites is 1. The molecule has 0 bridgehead atoms. The summed E-state index contributed by atoms with van der Waals surface area (Å²) in [4.78, 5) is 26.5. The van der Waals surface area contributed by atoms with Crippen molar-refractivity contribution in [3.8, 4) is 0 Å². The molecule has 2 fully saturated rings. The van der Waals surface area contributed by atoms with Gasteiger partial charge in [-0.1, -0.05) is 30.3 Å². The van der Waals surface area contributed by atoms with Gasteiger partial charge >= 0.3 is 0 Å². The molecule has 178 valence electrons. The molecule has 2 aliphatic rings. The highest BCUT2D eigenvalue weighted by Crippen LogP contribution is 2.20. The Hall–Kier alpha value is -2.87. The first-order valence-electron chi connectivity index (χ1n) is 12.2. The third-order valence-corrected chi connectivity index (χ3v) is 6.67. The summed E-state index contributed by atoms with van der Waals surface area (Å²) >= 11 is 0. The Morgan fingerprint density at radius 2 is 1.91 bits per heavy atom. The lowest BCUT2D eigenvalue weighted by Gasteiger charge is -2.30. The summed E-state index contributed by atoms with van der Waals surface area (Å²) in [6.07, 6.45) is 5.54. The number of hydrogen-bond acceptors (Lipinski definition) is 6. The summed E-state index contributed by atoms with van der Waals surface area (Å²) in [5, 5.41) is 1.12. The maximum absolute atomic E-state index is 13.3. The molecular weight excluding hydrogens is 428 g/mol. The topological polar surface area (TPSA) is 67.8 Å². The Bertz CT molecular complexity index is 1090. The van der Waals surface area contributed by atoms with Crippen molar-refractivity contribution < 1.29 is 14.3 Å². The number of aromatic nitrogens is 2. The molecule has 0 radical (unpaired) electrons. The van der Waals surface area contributed by atoms with E-state index in [2.05, 4.69) is 28.1 Å². The van der Waals surface area contributed by atoms with Crippen LogP contribution in [-0.4, -0.2) is 71.2 Å². The molecule has 0 saturated carbocycles. The van der Waals surface area contributed by atoms with Crippen molar-refractivity contribution in [1.82, 2.24) is 19.8 Å². The van der Waals surface area contributed by atoms with Crippen LogP contribution < -0.4 is 0 Å². The number of nitrogens with zero attached hydrogens (tertiary/aromatic N) is 4. The number of ether oxygens (including phenoxy) is 2. The Morgan fingerprint density at radius 1 is 1.03 bits per heavy atom. The third-order valence-electron chi connectivity index (χ3n) is 6.67. The Kier molecular flexibility index (Phi) is 7.43. The molecule has 1 unspecified atom stereocenters. The highest BCUT2D eigenvalue weighted by Gasteiger charge is 2.30. The highest BCUT2D eigenvalue weighted by molar-refractivity contribution is 5.79. The van der Waals surface area contributed by atoms with Gasteiger partial charge in [0, 0.05) is 57.2 Å². The van der Waals surface area contributed by atoms with Crippen LogP contribution in [0, 0.1) is 5.92 Å². The normalized spacial score (nSPS) is 20.5. The predicted molar refractivity (Wildman–Crippen MR) is 130 cm³/mol. The molecule has 1 amide bonds. The van der Waals surface area contributed by atoms with E-state index in [-0.39, 0.29) is 12.0 Å². The molecule has 2 aliphatic heterocycles. The Morgan fingerprint density at radius 3 is 2.76 bits per heavy atom. The fourth-order valence-electron chi connectivity index (χ4n) is 4.82. The molecule has 7 heteroatoms. The fraction of sp³-hybridized carbons (Fsp3) is 0.444. The van der Waals surface area contributed by atoms with Crippen LogP contribution >= 0.6 is 0 Å². The smallest absolute Gasteiger partial charge is 0.236 e. The second-order valence-corrected chi connectivity index (χ2v) is 9.31. The summed E-state index contributed by atoms with van der Waals surface area (Å²) in [6, 6.07) is 16.2. The lowest BCUT2D eigenvalue weighted by atomic mass is 9.99. The number of pyridine rings is 2. The first-order valence-corrected chi connectivity index (χ1v) is 12.2. The molecule has 7 nitrogen and oxygen atoms in total. The number of carbonyl (C=O) groups is 1. The lowest BCUT2D eigenvalue weighted by molar-refractivity contribution is -0.133. The standard InChI is InChI=1S/C27H32N4O3/c32-27-19-30(16-24-8-7-23-5-1-2-6-26(23)29-24)17-25(34-20-22-4-3-11-28-14-22)18-31(27)15-21-9-12-33-13-10-21/h1-8,11,14,21,25H,9-10,12-13,15-20H2. The van der Waals surface area contributed by atoms with Crippen LogP contribution in [0.5, 0.6) is 0 Å². The zero-order valence-electron chi connectivity index (χ0n) is 19.5. The molecule has 2 saturated heterocycles. The zero-order chi connectivity index (χ0) is 23.2. The van der Waals surface area contributed by atoms with Crippen molar-refractivity contribution in [2.24, 2.45) is 5.92 Å². The van der Waals surface area contributed by atoms with Gasteiger partial charge in [0.05, 0.1) is 30.5 Å². The van der Waals surface area contributed by atoms with Crippen LogP contribution in [0.3, 0.4) is 0 Å². The zero-order valence-corrected chi connectivity index (χ0v) is 19.5. The summed E-state index contributed by atoms with van der Waals surface area (Å²) in [5.74, 6) is 0.658. The summed E-state index contributed by atoms with van der Waals surface area (Å²) in [6.45, 7) is 5.12. The molecule has 3 aromatic rings. The van der Waals surface area contributed by atoms with E-state index in [0.717, 1.165) is 54.8 Å². The van der Waals surface area contributed by atoms with Crippen molar-refractivity contribution in [2.45, 2.75) is 32.1 Å². The van der Waals surface area contributed by atoms with Gasteiger partial charge in [-0.25, -0.2) is 0 Å². The van der Waals surface area contributed by atoms with Gasteiger partial charge < -0.3 is 14.4 Å². The van der Waals surface area contributed by atoms with Gasteiger partial charge in [-0.3, -0.25) is 19.7 Å². The molecule has 0 N–H and O–H groups in total. The van der Waals surface area contributed by atoms with Crippen LogP contribution in [-0.2, 0) is 27.4 Å². The Labute approximate surface area is 200 Å². The largest absolute Gasteiger partial charge is 0.381 e. The highest BCUT2D eigenvalue weighted by atomic mass is 16.5. The van der Waals surface area contributed by atoms with E-state index in [1.807, 2.05) is 41.4 Å². The Balaban J connectivity index is 1.30. The maximum atomic E-state index is 13.3. The number of fused-ring (bicyclic) bond motifs is 1. The van der Waals surface area contributed by atoms with Crippen molar-refractivity contribution >= 4 is 16.8 Å². The predicted octanol–water partition coefficient (Wildman–Crippen LogP) is 3.29. The third kappa shape index (κ3) is 5.97. The molecule has 0 spiro atoms. The van der Waals surface area contributed by atoms with Crippen LogP contribution in [0.15, 0.2) is 60.9 Å². The van der Waals surface area contributed by atoms with Crippen LogP contribution in [0.25, 0.3) is 10.9 Å². The summed E-state index contributed by atoms with van der Waals surface area (Å²) < 4.78 is 11.8. The quantitative estimate of drug-likeness (QED) is 0.539. The molecule has 1 atom stereocenters. The summed E-state index contributed by atoms with van der Waals surface area (Å²) in [7, 11) is 0. The van der Waals surface area contributed by atoms with Crippen LogP contribution in [0.1, 0.15) is 24.1 Å². The lowest BCUT2D eigenvalue weighted by Crippen LogP contribution is -2.42. The van der Waals surface area contributed by atoms with E-state index in [1.54, 1.807) is 6.20 Å². The van der Waals surface area contributed by atoms with E-state index < -0.39 is 0 Å². The molecule has 0 aliphatic carbocycles. The second kappa shape index (κ2) is 11.0. The molecule has 34 heavy (non-hydrogen) atoms. The van der Waals surface area contributed by atoms with Crippen molar-refractivity contribution in [3.63, 3.8) is 0 Å². The first-order chi connectivity index (χ1) is 16.7.